The van der Waals surface area contributed by atoms with E-state index in [0.29, 0.717) is 11.0 Å². The number of anilines is 1. The maximum Gasteiger partial charge on any atom is 0.223 e. The zero-order valence-corrected chi connectivity index (χ0v) is 11.7. The first-order valence-electron chi connectivity index (χ1n) is 6.23. The van der Waals surface area contributed by atoms with Gasteiger partial charge in [-0.2, -0.15) is 0 Å². The zero-order chi connectivity index (χ0) is 13.1. The van der Waals surface area contributed by atoms with E-state index in [9.17, 15) is 4.79 Å². The van der Waals surface area contributed by atoms with Crippen molar-refractivity contribution >= 4 is 22.4 Å². The summed E-state index contributed by atoms with van der Waals surface area (Å²) in [5.74, 6) is 0.562. The largest absolute Gasteiger partial charge is 0.327 e. The molecule has 1 aromatic rings. The molecule has 3 N–H and O–H groups in total. The van der Waals surface area contributed by atoms with Crippen molar-refractivity contribution in [3.63, 3.8) is 0 Å². The molecule has 1 aromatic heterocycles. The van der Waals surface area contributed by atoms with E-state index >= 15 is 0 Å². The van der Waals surface area contributed by atoms with Gasteiger partial charge < -0.3 is 11.1 Å². The van der Waals surface area contributed by atoms with Gasteiger partial charge in [0, 0.05) is 38.0 Å². The maximum absolute atomic E-state index is 10.9. The van der Waals surface area contributed by atoms with Crippen LogP contribution in [0.2, 0.25) is 0 Å². The maximum atomic E-state index is 10.9. The van der Waals surface area contributed by atoms with Crippen molar-refractivity contribution in [2.45, 2.75) is 32.9 Å². The average Bonchev–Trinajstić information content (AvgIpc) is 2.62. The van der Waals surface area contributed by atoms with Crippen LogP contribution >= 0.6 is 11.3 Å². The number of carbonyl (C=O) groups excluding carboxylic acids is 1. The Kier molecular flexibility index (Phi) is 4.31. The third-order valence-corrected chi connectivity index (χ3v) is 3.79. The van der Waals surface area contributed by atoms with E-state index < -0.39 is 0 Å². The second-order valence-electron chi connectivity index (χ2n) is 5.12. The summed E-state index contributed by atoms with van der Waals surface area (Å²) in [7, 11) is 0. The highest BCUT2D eigenvalue weighted by Crippen LogP contribution is 2.20. The number of nitrogens with zero attached hydrogens (tertiary/aromatic N) is 2. The summed E-state index contributed by atoms with van der Waals surface area (Å²) in [6, 6.07) is 0.266. The van der Waals surface area contributed by atoms with Gasteiger partial charge in [-0.3, -0.25) is 9.69 Å². The minimum atomic E-state index is -0.0792. The van der Waals surface area contributed by atoms with Crippen LogP contribution in [0.15, 0.2) is 5.38 Å². The minimum Gasteiger partial charge on any atom is -0.327 e. The quantitative estimate of drug-likeness (QED) is 0.866. The number of rotatable bonds is 3. The molecule has 1 saturated heterocycles. The van der Waals surface area contributed by atoms with E-state index in [0.717, 1.165) is 31.7 Å². The molecule has 5 nitrogen and oxygen atoms in total. The van der Waals surface area contributed by atoms with Crippen LogP contribution in [0.4, 0.5) is 5.13 Å². The van der Waals surface area contributed by atoms with E-state index in [1.54, 1.807) is 0 Å². The summed E-state index contributed by atoms with van der Waals surface area (Å²) in [5, 5.41) is 5.37. The number of hydrogen-bond acceptors (Lipinski definition) is 5. The van der Waals surface area contributed by atoms with Crippen LogP contribution in [0.1, 0.15) is 26.0 Å². The molecule has 0 saturated carbocycles. The number of piperidine rings is 1. The van der Waals surface area contributed by atoms with Gasteiger partial charge in [0.15, 0.2) is 5.13 Å². The highest BCUT2D eigenvalue weighted by Gasteiger charge is 2.22. The molecule has 100 valence electrons. The average molecular weight is 268 g/mol. The number of aromatic nitrogens is 1. The van der Waals surface area contributed by atoms with Crippen LogP contribution < -0.4 is 11.1 Å². The van der Waals surface area contributed by atoms with E-state index in [2.05, 4.69) is 22.1 Å². The van der Waals surface area contributed by atoms with Crippen molar-refractivity contribution in [1.29, 1.82) is 0 Å². The van der Waals surface area contributed by atoms with Gasteiger partial charge in [0.25, 0.3) is 0 Å². The summed E-state index contributed by atoms with van der Waals surface area (Å²) in [6.07, 6.45) is 1.10. The fourth-order valence-corrected chi connectivity index (χ4v) is 3.21. The lowest BCUT2D eigenvalue weighted by Crippen LogP contribution is -2.45. The van der Waals surface area contributed by atoms with Gasteiger partial charge in [-0.05, 0) is 12.3 Å². The first-order chi connectivity index (χ1) is 8.52. The first kappa shape index (κ1) is 13.5. The SMILES string of the molecule is CC(=O)Nc1nc(CN2CC(C)CC(N)C2)cs1. The fourth-order valence-electron chi connectivity index (χ4n) is 2.46. The molecule has 1 amide bonds. The third kappa shape index (κ3) is 3.76. The van der Waals surface area contributed by atoms with Crippen LogP contribution in [-0.4, -0.2) is 34.9 Å². The smallest absolute Gasteiger partial charge is 0.223 e. The number of thiazole rings is 1. The summed E-state index contributed by atoms with van der Waals surface area (Å²) in [6.45, 7) is 6.54. The fraction of sp³-hybridized carbons (Fsp3) is 0.667. The molecule has 2 atom stereocenters. The van der Waals surface area contributed by atoms with E-state index in [1.165, 1.54) is 18.3 Å². The zero-order valence-electron chi connectivity index (χ0n) is 10.8. The Balaban J connectivity index is 1.92. The topological polar surface area (TPSA) is 71.2 Å². The minimum absolute atomic E-state index is 0.0792. The van der Waals surface area contributed by atoms with Crippen LogP contribution in [-0.2, 0) is 11.3 Å². The van der Waals surface area contributed by atoms with Crippen LogP contribution in [0.5, 0.6) is 0 Å². The second kappa shape index (κ2) is 5.77. The van der Waals surface area contributed by atoms with Crippen molar-refractivity contribution in [1.82, 2.24) is 9.88 Å². The van der Waals surface area contributed by atoms with Crippen molar-refractivity contribution in [3.8, 4) is 0 Å². The first-order valence-corrected chi connectivity index (χ1v) is 7.11. The van der Waals surface area contributed by atoms with Crippen LogP contribution in [0.3, 0.4) is 0 Å². The standard InChI is InChI=1S/C12H20N4OS/c1-8-3-10(13)5-16(4-8)6-11-7-18-12(15-11)14-9(2)17/h7-8,10H,3-6,13H2,1-2H3,(H,14,15,17). The molecule has 2 heterocycles. The monoisotopic (exact) mass is 268 g/mol. The molecule has 1 aliphatic heterocycles. The summed E-state index contributed by atoms with van der Waals surface area (Å²) >= 11 is 1.47. The number of amides is 1. The summed E-state index contributed by atoms with van der Waals surface area (Å²) < 4.78 is 0. The Morgan fingerprint density at radius 1 is 1.67 bits per heavy atom. The van der Waals surface area contributed by atoms with E-state index in [1.807, 2.05) is 5.38 Å². The third-order valence-electron chi connectivity index (χ3n) is 2.99. The molecule has 0 radical (unpaired) electrons. The summed E-state index contributed by atoms with van der Waals surface area (Å²) in [5.41, 5.74) is 7.03. The predicted octanol–water partition coefficient (Wildman–Crippen LogP) is 1.27. The highest BCUT2D eigenvalue weighted by molar-refractivity contribution is 7.13. The Morgan fingerprint density at radius 3 is 3.11 bits per heavy atom. The van der Waals surface area contributed by atoms with Crippen LogP contribution in [0.25, 0.3) is 0 Å². The number of likely N-dealkylation sites (tertiary alicyclic amines) is 1. The molecule has 2 rings (SSSR count). The van der Waals surface area contributed by atoms with Gasteiger partial charge in [-0.25, -0.2) is 4.98 Å². The Morgan fingerprint density at radius 2 is 2.44 bits per heavy atom. The predicted molar refractivity (Wildman–Crippen MR) is 73.5 cm³/mol. The van der Waals surface area contributed by atoms with Gasteiger partial charge in [-0.15, -0.1) is 11.3 Å². The highest BCUT2D eigenvalue weighted by atomic mass is 32.1. The van der Waals surface area contributed by atoms with Gasteiger partial charge in [0.2, 0.25) is 5.91 Å². The molecule has 18 heavy (non-hydrogen) atoms. The number of nitrogens with two attached hydrogens (primary N) is 1. The molecule has 1 fully saturated rings. The number of hydrogen-bond donors (Lipinski definition) is 2. The molecule has 6 heteroatoms. The molecule has 1 aliphatic rings. The van der Waals surface area contributed by atoms with Gasteiger partial charge in [-0.1, -0.05) is 6.92 Å². The van der Waals surface area contributed by atoms with Crippen LogP contribution in [0, 0.1) is 5.92 Å². The van der Waals surface area contributed by atoms with Crippen molar-refractivity contribution in [2.24, 2.45) is 11.7 Å². The molecule has 0 bridgehead atoms. The molecular weight excluding hydrogens is 248 g/mol. The lowest BCUT2D eigenvalue weighted by atomic mass is 9.96. The van der Waals surface area contributed by atoms with Crippen molar-refractivity contribution < 1.29 is 4.79 Å². The van der Waals surface area contributed by atoms with Crippen molar-refractivity contribution in [3.05, 3.63) is 11.1 Å². The number of carbonyl (C=O) groups is 1. The Bertz CT molecular complexity index is 410. The molecule has 0 spiro atoms. The molecule has 0 aliphatic carbocycles. The van der Waals surface area contributed by atoms with Gasteiger partial charge in [0.05, 0.1) is 5.69 Å². The molecule has 2 unspecified atom stereocenters. The normalized spacial score (nSPS) is 25.1. The Hall–Kier alpha value is -0.980. The number of nitrogens with one attached hydrogen (secondary N) is 1. The second-order valence-corrected chi connectivity index (χ2v) is 5.98. The molecular formula is C12H20N4OS. The molecule has 0 aromatic carbocycles. The van der Waals surface area contributed by atoms with Gasteiger partial charge in [0.1, 0.15) is 0 Å². The van der Waals surface area contributed by atoms with Crippen molar-refractivity contribution in [2.75, 3.05) is 18.4 Å². The van der Waals surface area contributed by atoms with Gasteiger partial charge >= 0.3 is 0 Å². The lowest BCUT2D eigenvalue weighted by molar-refractivity contribution is -0.114. The van der Waals surface area contributed by atoms with E-state index in [-0.39, 0.29) is 11.9 Å². The Labute approximate surface area is 111 Å². The van der Waals surface area contributed by atoms with E-state index in [4.69, 9.17) is 5.73 Å². The lowest BCUT2D eigenvalue weighted by Gasteiger charge is -2.34. The summed E-state index contributed by atoms with van der Waals surface area (Å²) in [4.78, 5) is 17.7.